The van der Waals surface area contributed by atoms with Gasteiger partial charge in [-0.05, 0) is 104 Å². The Balaban J connectivity index is 1.30. The average Bonchev–Trinajstić information content (AvgIpc) is 3.43. The van der Waals surface area contributed by atoms with E-state index in [1.54, 1.807) is 12.4 Å². The predicted molar refractivity (Wildman–Crippen MR) is 179 cm³/mol. The number of allylic oxidation sites excluding steroid dienone is 4. The SMILES string of the molecule is CC1(C)c2cc(C#Cc3ccccn3)ccc2-c2c1c1c(c3ccccc23)C2C=CC(C#Cc3ccccn3)=CC2C1(C)C. The van der Waals surface area contributed by atoms with E-state index in [-0.39, 0.29) is 10.8 Å². The zero-order valence-electron chi connectivity index (χ0n) is 25.4. The molecule has 0 saturated carbocycles. The van der Waals surface area contributed by atoms with Crippen molar-refractivity contribution < 1.29 is 0 Å². The lowest BCUT2D eigenvalue weighted by Crippen LogP contribution is -2.28. The number of hydrogen-bond donors (Lipinski definition) is 0. The van der Waals surface area contributed by atoms with Crippen LogP contribution in [0.3, 0.4) is 0 Å². The van der Waals surface area contributed by atoms with Crippen LogP contribution in [0.1, 0.15) is 72.8 Å². The van der Waals surface area contributed by atoms with Gasteiger partial charge in [0.15, 0.2) is 0 Å². The van der Waals surface area contributed by atoms with Crippen molar-refractivity contribution in [2.24, 2.45) is 5.92 Å². The normalized spacial score (nSPS) is 19.4. The summed E-state index contributed by atoms with van der Waals surface area (Å²) in [5, 5.41) is 2.71. The lowest BCUT2D eigenvalue weighted by molar-refractivity contribution is 0.389. The van der Waals surface area contributed by atoms with Crippen LogP contribution in [0.2, 0.25) is 0 Å². The van der Waals surface area contributed by atoms with E-state index in [0.29, 0.717) is 11.8 Å². The molecule has 3 aliphatic carbocycles. The maximum Gasteiger partial charge on any atom is 0.113 e. The Morgan fingerprint density at radius 3 is 2.07 bits per heavy atom. The van der Waals surface area contributed by atoms with Gasteiger partial charge in [0.2, 0.25) is 0 Å². The molecular weight excluding hydrogens is 532 g/mol. The van der Waals surface area contributed by atoms with Crippen LogP contribution in [-0.4, -0.2) is 9.97 Å². The number of hydrogen-bond acceptors (Lipinski definition) is 2. The Bertz CT molecular complexity index is 2180. The maximum atomic E-state index is 4.40. The van der Waals surface area contributed by atoms with Gasteiger partial charge in [-0.2, -0.15) is 0 Å². The highest BCUT2D eigenvalue weighted by atomic mass is 14.7. The van der Waals surface area contributed by atoms with Gasteiger partial charge < -0.3 is 0 Å². The summed E-state index contributed by atoms with van der Waals surface area (Å²) < 4.78 is 0. The zero-order valence-corrected chi connectivity index (χ0v) is 25.4. The van der Waals surface area contributed by atoms with Crippen LogP contribution < -0.4 is 0 Å². The first-order valence-electron chi connectivity index (χ1n) is 15.3. The molecule has 2 heteroatoms. The minimum absolute atomic E-state index is 0.0856. The van der Waals surface area contributed by atoms with Gasteiger partial charge in [-0.3, -0.25) is 0 Å². The molecule has 2 nitrogen and oxygen atoms in total. The summed E-state index contributed by atoms with van der Waals surface area (Å²) in [6, 6.07) is 27.5. The van der Waals surface area contributed by atoms with Crippen LogP contribution in [0.15, 0.2) is 115 Å². The zero-order chi connectivity index (χ0) is 30.1. The van der Waals surface area contributed by atoms with Crippen LogP contribution >= 0.6 is 0 Å². The van der Waals surface area contributed by atoms with E-state index in [2.05, 4.69) is 122 Å². The van der Waals surface area contributed by atoms with Gasteiger partial charge in [0, 0.05) is 34.9 Å². The van der Waals surface area contributed by atoms with Crippen LogP contribution in [0, 0.1) is 29.6 Å². The highest BCUT2D eigenvalue weighted by Gasteiger charge is 2.52. The molecule has 5 aromatic rings. The molecule has 3 aliphatic rings. The summed E-state index contributed by atoms with van der Waals surface area (Å²) >= 11 is 0. The van der Waals surface area contributed by atoms with Crippen LogP contribution in [0.4, 0.5) is 0 Å². The summed E-state index contributed by atoms with van der Waals surface area (Å²) in [6.45, 7) is 9.67. The van der Waals surface area contributed by atoms with Crippen LogP contribution in [0.25, 0.3) is 21.9 Å². The molecule has 0 fully saturated rings. The van der Waals surface area contributed by atoms with Crippen molar-refractivity contribution in [1.29, 1.82) is 0 Å². The van der Waals surface area contributed by atoms with Crippen LogP contribution in [-0.2, 0) is 10.8 Å². The Labute approximate surface area is 259 Å². The summed E-state index contributed by atoms with van der Waals surface area (Å²) in [7, 11) is 0. The van der Waals surface area contributed by atoms with Crippen molar-refractivity contribution in [3.8, 4) is 34.8 Å². The number of aromatic nitrogens is 2. The molecule has 2 unspecified atom stereocenters. The van der Waals surface area contributed by atoms with Gasteiger partial charge in [0.05, 0.1) is 0 Å². The molecule has 0 saturated heterocycles. The molecule has 2 atom stereocenters. The molecule has 0 radical (unpaired) electrons. The Hall–Kier alpha value is -5.18. The fraction of sp³-hybridized carbons (Fsp3) is 0.190. The quantitative estimate of drug-likeness (QED) is 0.176. The van der Waals surface area contributed by atoms with Gasteiger partial charge in [-0.25, -0.2) is 9.97 Å². The van der Waals surface area contributed by atoms with Gasteiger partial charge in [-0.1, -0.05) is 100 Å². The second kappa shape index (κ2) is 9.67. The van der Waals surface area contributed by atoms with Gasteiger partial charge in [0.25, 0.3) is 0 Å². The first-order valence-corrected chi connectivity index (χ1v) is 15.3. The second-order valence-electron chi connectivity index (χ2n) is 13.2. The fourth-order valence-corrected chi connectivity index (χ4v) is 7.89. The second-order valence-corrected chi connectivity index (χ2v) is 13.2. The molecule has 44 heavy (non-hydrogen) atoms. The molecular formula is C42H32N2. The number of fused-ring (bicyclic) bond motifs is 10. The van der Waals surface area contributed by atoms with Gasteiger partial charge in [-0.15, -0.1) is 0 Å². The highest BCUT2D eigenvalue weighted by molar-refractivity contribution is 6.06. The Morgan fingerprint density at radius 2 is 1.36 bits per heavy atom. The molecule has 0 aliphatic heterocycles. The van der Waals surface area contributed by atoms with E-state index in [1.807, 2.05) is 36.4 Å². The molecule has 8 rings (SSSR count). The summed E-state index contributed by atoms with van der Waals surface area (Å²) in [4.78, 5) is 8.79. The smallest absolute Gasteiger partial charge is 0.113 e. The molecule has 210 valence electrons. The topological polar surface area (TPSA) is 25.8 Å². The summed E-state index contributed by atoms with van der Waals surface area (Å²) in [5.41, 5.74) is 11.9. The molecule has 2 heterocycles. The van der Waals surface area contributed by atoms with E-state index in [0.717, 1.165) is 22.5 Å². The Kier molecular flexibility index (Phi) is 5.81. The van der Waals surface area contributed by atoms with E-state index in [1.165, 1.54) is 44.2 Å². The van der Waals surface area contributed by atoms with Crippen molar-refractivity contribution in [3.63, 3.8) is 0 Å². The lowest BCUT2D eigenvalue weighted by Gasteiger charge is -2.34. The Morgan fingerprint density at radius 1 is 0.682 bits per heavy atom. The first-order chi connectivity index (χ1) is 21.3. The predicted octanol–water partition coefficient (Wildman–Crippen LogP) is 8.87. The summed E-state index contributed by atoms with van der Waals surface area (Å²) in [6.07, 6.45) is 10.6. The third-order valence-electron chi connectivity index (χ3n) is 9.88. The molecule has 2 aromatic heterocycles. The third kappa shape index (κ3) is 3.92. The van der Waals surface area contributed by atoms with Gasteiger partial charge >= 0.3 is 0 Å². The van der Waals surface area contributed by atoms with Gasteiger partial charge in [0.1, 0.15) is 11.4 Å². The maximum absolute atomic E-state index is 4.40. The lowest BCUT2D eigenvalue weighted by atomic mass is 9.69. The molecule has 3 aromatic carbocycles. The highest BCUT2D eigenvalue weighted by Crippen LogP contribution is 2.63. The van der Waals surface area contributed by atoms with E-state index < -0.39 is 0 Å². The molecule has 0 amide bonds. The first kappa shape index (κ1) is 26.4. The number of nitrogens with zero attached hydrogens (tertiary/aromatic N) is 2. The minimum Gasteiger partial charge on any atom is -0.248 e. The van der Waals surface area contributed by atoms with Crippen molar-refractivity contribution in [1.82, 2.24) is 9.97 Å². The fourth-order valence-electron chi connectivity index (χ4n) is 7.89. The molecule has 0 N–H and O–H groups in total. The van der Waals surface area contributed by atoms with E-state index in [9.17, 15) is 0 Å². The molecule has 0 bridgehead atoms. The van der Waals surface area contributed by atoms with Crippen molar-refractivity contribution in [2.45, 2.75) is 44.4 Å². The van der Waals surface area contributed by atoms with E-state index >= 15 is 0 Å². The van der Waals surface area contributed by atoms with Crippen molar-refractivity contribution in [2.75, 3.05) is 0 Å². The monoisotopic (exact) mass is 564 g/mol. The minimum atomic E-state index is -0.179. The average molecular weight is 565 g/mol. The standard InChI is InChI=1S/C42H32N2/c1-41(2)35-25-27(15-19-29-11-7-9-23-43-29)17-21-33(35)37-31-13-5-6-14-32(31)38-34-22-18-28(16-20-30-12-8-10-24-44-30)26-36(34)42(3,4)40(38)39(37)41/h5-14,17-18,21-26,33,35H,1-4H3. The van der Waals surface area contributed by atoms with Crippen molar-refractivity contribution in [3.05, 3.63) is 154 Å². The largest absolute Gasteiger partial charge is 0.248 e. The van der Waals surface area contributed by atoms with E-state index in [4.69, 9.17) is 0 Å². The number of pyridine rings is 2. The molecule has 0 spiro atoms. The number of rotatable bonds is 0. The van der Waals surface area contributed by atoms with Crippen LogP contribution in [0.5, 0.6) is 0 Å². The van der Waals surface area contributed by atoms with Crippen molar-refractivity contribution >= 4 is 10.8 Å². The number of benzene rings is 3. The third-order valence-corrected chi connectivity index (χ3v) is 9.88. The summed E-state index contributed by atoms with van der Waals surface area (Å²) in [5.74, 6) is 13.9.